The molecule has 72 valence electrons. The minimum absolute atomic E-state index is 0.959. The molecule has 0 aromatic carbocycles. The van der Waals surface area contributed by atoms with Gasteiger partial charge in [0.25, 0.3) is 0 Å². The van der Waals surface area contributed by atoms with Crippen molar-refractivity contribution in [1.82, 2.24) is 10.3 Å². The normalized spacial score (nSPS) is 16.4. The van der Waals surface area contributed by atoms with E-state index in [2.05, 4.69) is 22.6 Å². The first-order chi connectivity index (χ1) is 6.38. The van der Waals surface area contributed by atoms with E-state index in [1.807, 2.05) is 0 Å². The second-order valence-corrected chi connectivity index (χ2v) is 4.60. The van der Waals surface area contributed by atoms with Crippen LogP contribution in [0.5, 0.6) is 0 Å². The summed E-state index contributed by atoms with van der Waals surface area (Å²) in [4.78, 5) is 4.50. The minimum atomic E-state index is 0.959. The Labute approximate surface area is 83.4 Å². The van der Waals surface area contributed by atoms with Crippen LogP contribution < -0.4 is 5.32 Å². The summed E-state index contributed by atoms with van der Waals surface area (Å²) < 4.78 is 0. The monoisotopic (exact) mass is 196 g/mol. The van der Waals surface area contributed by atoms with Crippen molar-refractivity contribution in [3.8, 4) is 0 Å². The Morgan fingerprint density at radius 3 is 3.08 bits per heavy atom. The summed E-state index contributed by atoms with van der Waals surface area (Å²) in [6, 6.07) is 0. The lowest BCUT2D eigenvalue weighted by atomic mass is 10.4. The van der Waals surface area contributed by atoms with Crippen LogP contribution >= 0.6 is 11.3 Å². The van der Waals surface area contributed by atoms with Crippen LogP contribution in [-0.4, -0.2) is 11.5 Å². The summed E-state index contributed by atoms with van der Waals surface area (Å²) in [5.41, 5.74) is 1.23. The van der Waals surface area contributed by atoms with Crippen LogP contribution in [0.2, 0.25) is 0 Å². The van der Waals surface area contributed by atoms with Gasteiger partial charge in [0, 0.05) is 11.9 Å². The van der Waals surface area contributed by atoms with Gasteiger partial charge < -0.3 is 5.32 Å². The summed E-state index contributed by atoms with van der Waals surface area (Å²) in [7, 11) is 0. The van der Waals surface area contributed by atoms with Gasteiger partial charge in [-0.15, -0.1) is 11.3 Å². The zero-order valence-corrected chi connectivity index (χ0v) is 8.86. The fourth-order valence-corrected chi connectivity index (χ4v) is 2.14. The average molecular weight is 196 g/mol. The van der Waals surface area contributed by atoms with E-state index in [9.17, 15) is 0 Å². The van der Waals surface area contributed by atoms with Crippen molar-refractivity contribution in [2.45, 2.75) is 32.7 Å². The molecular weight excluding hydrogens is 180 g/mol. The summed E-state index contributed by atoms with van der Waals surface area (Å²) in [6.07, 6.45) is 3.90. The molecule has 0 saturated heterocycles. The molecule has 0 radical (unpaired) electrons. The Balaban J connectivity index is 1.72. The van der Waals surface area contributed by atoms with E-state index in [1.165, 1.54) is 30.1 Å². The van der Waals surface area contributed by atoms with E-state index < -0.39 is 0 Å². The number of rotatable bonds is 5. The van der Waals surface area contributed by atoms with Crippen LogP contribution in [0.25, 0.3) is 0 Å². The van der Waals surface area contributed by atoms with E-state index in [0.29, 0.717) is 0 Å². The number of hydrogen-bond acceptors (Lipinski definition) is 3. The molecule has 1 aliphatic rings. The highest BCUT2D eigenvalue weighted by Crippen LogP contribution is 2.27. The molecule has 1 aromatic rings. The standard InChI is InChI=1S/C10H16N2S/c1-2-9-7-13-10(12-9)6-11-5-8-3-4-8/h7-8,11H,2-6H2,1H3. The molecule has 3 heteroatoms. The van der Waals surface area contributed by atoms with E-state index in [1.54, 1.807) is 11.3 Å². The van der Waals surface area contributed by atoms with Crippen molar-refractivity contribution in [1.29, 1.82) is 0 Å². The van der Waals surface area contributed by atoms with Gasteiger partial charge in [-0.2, -0.15) is 0 Å². The van der Waals surface area contributed by atoms with E-state index in [4.69, 9.17) is 0 Å². The summed E-state index contributed by atoms with van der Waals surface area (Å²) in [6.45, 7) is 4.29. The Bertz CT molecular complexity index is 266. The zero-order valence-electron chi connectivity index (χ0n) is 8.05. The molecule has 0 amide bonds. The minimum Gasteiger partial charge on any atom is -0.310 e. The molecule has 1 heterocycles. The van der Waals surface area contributed by atoms with Gasteiger partial charge >= 0.3 is 0 Å². The summed E-state index contributed by atoms with van der Waals surface area (Å²) in [5.74, 6) is 0.964. The van der Waals surface area contributed by atoms with Crippen LogP contribution in [0.1, 0.15) is 30.5 Å². The first-order valence-corrected chi connectivity index (χ1v) is 5.90. The molecular formula is C10H16N2S. The van der Waals surface area contributed by atoms with Crippen molar-refractivity contribution in [3.05, 3.63) is 16.1 Å². The second kappa shape index (κ2) is 4.20. The topological polar surface area (TPSA) is 24.9 Å². The SMILES string of the molecule is CCc1csc(CNCC2CC2)n1. The molecule has 13 heavy (non-hydrogen) atoms. The highest BCUT2D eigenvalue weighted by atomic mass is 32.1. The third-order valence-corrected chi connectivity index (χ3v) is 3.27. The van der Waals surface area contributed by atoms with Crippen LogP contribution in [0.15, 0.2) is 5.38 Å². The van der Waals surface area contributed by atoms with Gasteiger partial charge in [0.2, 0.25) is 0 Å². The largest absolute Gasteiger partial charge is 0.310 e. The maximum atomic E-state index is 4.50. The molecule has 2 rings (SSSR count). The van der Waals surface area contributed by atoms with Gasteiger partial charge in [0.15, 0.2) is 0 Å². The average Bonchev–Trinajstić information content (AvgIpc) is 2.84. The second-order valence-electron chi connectivity index (χ2n) is 3.66. The lowest BCUT2D eigenvalue weighted by molar-refractivity contribution is 0.636. The number of hydrogen-bond donors (Lipinski definition) is 1. The molecule has 0 aliphatic heterocycles. The van der Waals surface area contributed by atoms with Gasteiger partial charge in [0.1, 0.15) is 5.01 Å². The molecule has 1 aromatic heterocycles. The fourth-order valence-electron chi connectivity index (χ4n) is 1.30. The number of nitrogens with zero attached hydrogens (tertiary/aromatic N) is 1. The van der Waals surface area contributed by atoms with Crippen LogP contribution in [0.4, 0.5) is 0 Å². The zero-order chi connectivity index (χ0) is 9.10. The number of aromatic nitrogens is 1. The summed E-state index contributed by atoms with van der Waals surface area (Å²) in [5, 5.41) is 6.84. The fraction of sp³-hybridized carbons (Fsp3) is 0.700. The molecule has 2 nitrogen and oxygen atoms in total. The first kappa shape index (κ1) is 9.16. The van der Waals surface area contributed by atoms with Crippen molar-refractivity contribution in [2.24, 2.45) is 5.92 Å². The van der Waals surface area contributed by atoms with Gasteiger partial charge in [-0.1, -0.05) is 6.92 Å². The van der Waals surface area contributed by atoms with E-state index in [-0.39, 0.29) is 0 Å². The number of thiazole rings is 1. The molecule has 1 N–H and O–H groups in total. The maximum Gasteiger partial charge on any atom is 0.107 e. The van der Waals surface area contributed by atoms with Gasteiger partial charge in [-0.25, -0.2) is 4.98 Å². The Hall–Kier alpha value is -0.410. The highest BCUT2D eigenvalue weighted by Gasteiger charge is 2.20. The maximum absolute atomic E-state index is 4.50. The van der Waals surface area contributed by atoms with Crippen molar-refractivity contribution < 1.29 is 0 Å². The van der Waals surface area contributed by atoms with Gasteiger partial charge in [-0.3, -0.25) is 0 Å². The Morgan fingerprint density at radius 1 is 1.62 bits per heavy atom. The lowest BCUT2D eigenvalue weighted by Gasteiger charge is -1.98. The molecule has 1 aliphatic carbocycles. The third kappa shape index (κ3) is 2.78. The van der Waals surface area contributed by atoms with Crippen LogP contribution in [0.3, 0.4) is 0 Å². The van der Waals surface area contributed by atoms with Crippen molar-refractivity contribution in [3.63, 3.8) is 0 Å². The quantitative estimate of drug-likeness (QED) is 0.781. The van der Waals surface area contributed by atoms with Gasteiger partial charge in [-0.05, 0) is 31.7 Å². The molecule has 0 spiro atoms. The van der Waals surface area contributed by atoms with Gasteiger partial charge in [0.05, 0.1) is 5.69 Å². The predicted octanol–water partition coefficient (Wildman–Crippen LogP) is 2.21. The molecule has 0 atom stereocenters. The molecule has 1 fully saturated rings. The molecule has 1 saturated carbocycles. The Morgan fingerprint density at radius 2 is 2.46 bits per heavy atom. The van der Waals surface area contributed by atoms with Crippen molar-refractivity contribution in [2.75, 3.05) is 6.54 Å². The van der Waals surface area contributed by atoms with Crippen LogP contribution in [0, 0.1) is 5.92 Å². The molecule has 0 bridgehead atoms. The smallest absolute Gasteiger partial charge is 0.107 e. The lowest BCUT2D eigenvalue weighted by Crippen LogP contribution is -2.15. The Kier molecular flexibility index (Phi) is 2.96. The van der Waals surface area contributed by atoms with Crippen LogP contribution in [-0.2, 0) is 13.0 Å². The summed E-state index contributed by atoms with van der Waals surface area (Å²) >= 11 is 1.77. The first-order valence-electron chi connectivity index (χ1n) is 5.02. The predicted molar refractivity (Wildman–Crippen MR) is 55.9 cm³/mol. The molecule has 0 unspecified atom stereocenters. The van der Waals surface area contributed by atoms with E-state index in [0.717, 1.165) is 18.9 Å². The highest BCUT2D eigenvalue weighted by molar-refractivity contribution is 7.09. The number of nitrogens with one attached hydrogen (secondary N) is 1. The number of aryl methyl sites for hydroxylation is 1. The van der Waals surface area contributed by atoms with Crippen molar-refractivity contribution >= 4 is 11.3 Å². The van der Waals surface area contributed by atoms with E-state index >= 15 is 0 Å². The third-order valence-electron chi connectivity index (χ3n) is 2.37.